The largest absolute Gasteiger partial charge is 0.493 e. The molecule has 0 saturated carbocycles. The molecule has 0 unspecified atom stereocenters. The van der Waals surface area contributed by atoms with Gasteiger partial charge in [0.1, 0.15) is 0 Å². The Morgan fingerprint density at radius 3 is 2.58 bits per heavy atom. The number of benzene rings is 1. The van der Waals surface area contributed by atoms with Crippen LogP contribution in [-0.4, -0.2) is 24.1 Å². The summed E-state index contributed by atoms with van der Waals surface area (Å²) in [5.41, 5.74) is 3.24. The van der Waals surface area contributed by atoms with Crippen LogP contribution in [0.5, 0.6) is 11.5 Å². The third kappa shape index (κ3) is 4.45. The van der Waals surface area contributed by atoms with Crippen molar-refractivity contribution in [2.75, 3.05) is 13.7 Å². The monoisotopic (exact) mass is 354 g/mol. The average Bonchev–Trinajstić information content (AvgIpc) is 2.91. The van der Waals surface area contributed by atoms with E-state index in [4.69, 9.17) is 14.7 Å². The fourth-order valence-electron chi connectivity index (χ4n) is 2.89. The molecule has 0 fully saturated rings. The first kappa shape index (κ1) is 19.6. The highest BCUT2D eigenvalue weighted by Gasteiger charge is 2.17. The number of ketones is 1. The van der Waals surface area contributed by atoms with Gasteiger partial charge in [0.25, 0.3) is 0 Å². The quantitative estimate of drug-likeness (QED) is 0.663. The van der Waals surface area contributed by atoms with E-state index in [2.05, 4.69) is 24.5 Å². The Morgan fingerprint density at radius 2 is 1.96 bits per heavy atom. The number of Topliss-reactive ketones (excluding diaryl/α,β-unsaturated/α-hetero) is 1. The van der Waals surface area contributed by atoms with E-state index in [-0.39, 0.29) is 12.4 Å². The van der Waals surface area contributed by atoms with Gasteiger partial charge in [-0.15, -0.1) is 0 Å². The van der Waals surface area contributed by atoms with Crippen LogP contribution < -0.4 is 9.47 Å². The molecule has 2 rings (SSSR count). The molecule has 0 spiro atoms. The van der Waals surface area contributed by atoms with Crippen molar-refractivity contribution in [3.8, 4) is 17.6 Å². The average molecular weight is 354 g/mol. The van der Waals surface area contributed by atoms with Crippen LogP contribution in [0, 0.1) is 31.1 Å². The van der Waals surface area contributed by atoms with Crippen molar-refractivity contribution in [2.45, 2.75) is 40.7 Å². The van der Waals surface area contributed by atoms with E-state index < -0.39 is 0 Å². The number of carbonyl (C=O) groups is 1. The van der Waals surface area contributed by atoms with Gasteiger partial charge in [0.2, 0.25) is 5.78 Å². The Kier molecular flexibility index (Phi) is 6.46. The first-order valence-corrected chi connectivity index (χ1v) is 8.78. The van der Waals surface area contributed by atoms with E-state index in [0.29, 0.717) is 28.5 Å². The minimum absolute atomic E-state index is 0.0692. The molecular formula is C21H26N2O3. The summed E-state index contributed by atoms with van der Waals surface area (Å²) >= 11 is 0. The Hall–Kier alpha value is -2.74. The van der Waals surface area contributed by atoms with E-state index in [0.717, 1.165) is 24.4 Å². The van der Waals surface area contributed by atoms with Crippen LogP contribution in [0.15, 0.2) is 24.3 Å². The predicted octanol–water partition coefficient (Wildman–Crippen LogP) is 4.29. The number of aromatic nitrogens is 1. The molecule has 0 radical (unpaired) electrons. The van der Waals surface area contributed by atoms with Crippen molar-refractivity contribution < 1.29 is 14.3 Å². The van der Waals surface area contributed by atoms with Crippen LogP contribution in [0.3, 0.4) is 0 Å². The Labute approximate surface area is 155 Å². The second-order valence-corrected chi connectivity index (χ2v) is 6.81. The fraction of sp³-hybridized carbons (Fsp3) is 0.429. The maximum Gasteiger partial charge on any atom is 0.202 e. The number of hydrogen-bond donors (Lipinski definition) is 0. The zero-order valence-corrected chi connectivity index (χ0v) is 16.1. The number of hydrogen-bond acceptors (Lipinski definition) is 4. The second-order valence-electron chi connectivity index (χ2n) is 6.81. The maximum atomic E-state index is 12.6. The number of rotatable bonds is 8. The SMILES string of the molecule is COc1cc(C#N)ccc1OCC(=O)c1cc(C)n(CCC(C)C)c1C. The van der Waals surface area contributed by atoms with E-state index in [1.54, 1.807) is 18.2 Å². The molecule has 1 heterocycles. The van der Waals surface area contributed by atoms with Crippen LogP contribution in [-0.2, 0) is 6.54 Å². The molecule has 0 bridgehead atoms. The highest BCUT2D eigenvalue weighted by atomic mass is 16.5. The van der Waals surface area contributed by atoms with Gasteiger partial charge in [-0.3, -0.25) is 4.79 Å². The molecule has 0 N–H and O–H groups in total. The normalized spacial score (nSPS) is 10.7. The molecule has 2 aromatic rings. The predicted molar refractivity (Wildman–Crippen MR) is 101 cm³/mol. The minimum Gasteiger partial charge on any atom is -0.493 e. The summed E-state index contributed by atoms with van der Waals surface area (Å²) in [6, 6.07) is 8.86. The molecule has 0 amide bonds. The fourth-order valence-corrected chi connectivity index (χ4v) is 2.89. The zero-order valence-electron chi connectivity index (χ0n) is 16.1. The summed E-state index contributed by atoms with van der Waals surface area (Å²) in [6.45, 7) is 9.22. The lowest BCUT2D eigenvalue weighted by molar-refractivity contribution is 0.0918. The van der Waals surface area contributed by atoms with Gasteiger partial charge in [-0.25, -0.2) is 0 Å². The summed E-state index contributed by atoms with van der Waals surface area (Å²) in [4.78, 5) is 12.6. The first-order chi connectivity index (χ1) is 12.4. The number of ether oxygens (including phenoxy) is 2. The van der Waals surface area contributed by atoms with Gasteiger partial charge < -0.3 is 14.0 Å². The molecule has 0 saturated heterocycles. The Bertz CT molecular complexity index is 829. The third-order valence-electron chi connectivity index (χ3n) is 4.46. The molecule has 1 aromatic heterocycles. The van der Waals surface area contributed by atoms with Crippen molar-refractivity contribution >= 4 is 5.78 Å². The highest BCUT2D eigenvalue weighted by Crippen LogP contribution is 2.28. The van der Waals surface area contributed by atoms with Gasteiger partial charge in [0.15, 0.2) is 18.1 Å². The second kappa shape index (κ2) is 8.57. The first-order valence-electron chi connectivity index (χ1n) is 8.78. The summed E-state index contributed by atoms with van der Waals surface area (Å²) in [6.07, 6.45) is 1.07. The summed E-state index contributed by atoms with van der Waals surface area (Å²) in [5, 5.41) is 8.95. The number of nitrogens with zero attached hydrogens (tertiary/aromatic N) is 2. The van der Waals surface area contributed by atoms with Crippen LogP contribution >= 0.6 is 0 Å². The van der Waals surface area contributed by atoms with Crippen molar-refractivity contribution in [3.05, 3.63) is 46.8 Å². The Balaban J connectivity index is 2.11. The number of nitriles is 1. The molecule has 0 aliphatic heterocycles. The van der Waals surface area contributed by atoms with E-state index in [1.807, 2.05) is 19.9 Å². The molecule has 138 valence electrons. The summed E-state index contributed by atoms with van der Waals surface area (Å²) in [7, 11) is 1.51. The van der Waals surface area contributed by atoms with Crippen LogP contribution in [0.2, 0.25) is 0 Å². The lowest BCUT2D eigenvalue weighted by Crippen LogP contribution is -2.13. The molecular weight excluding hydrogens is 328 g/mol. The van der Waals surface area contributed by atoms with E-state index in [1.165, 1.54) is 7.11 Å². The summed E-state index contributed by atoms with van der Waals surface area (Å²) in [5.74, 6) is 1.44. The van der Waals surface area contributed by atoms with Gasteiger partial charge in [0, 0.05) is 29.6 Å². The zero-order chi connectivity index (χ0) is 19.3. The molecule has 1 aromatic carbocycles. The van der Waals surface area contributed by atoms with Gasteiger partial charge in [-0.2, -0.15) is 5.26 Å². The Morgan fingerprint density at radius 1 is 1.23 bits per heavy atom. The smallest absolute Gasteiger partial charge is 0.202 e. The van der Waals surface area contributed by atoms with Gasteiger partial charge in [-0.05, 0) is 44.4 Å². The molecule has 5 nitrogen and oxygen atoms in total. The topological polar surface area (TPSA) is 64.2 Å². The minimum atomic E-state index is -0.0727. The molecule has 5 heteroatoms. The van der Waals surface area contributed by atoms with E-state index >= 15 is 0 Å². The molecule has 26 heavy (non-hydrogen) atoms. The lowest BCUT2D eigenvalue weighted by atomic mass is 10.1. The number of methoxy groups -OCH3 is 1. The van der Waals surface area contributed by atoms with Crippen LogP contribution in [0.25, 0.3) is 0 Å². The van der Waals surface area contributed by atoms with E-state index in [9.17, 15) is 4.79 Å². The van der Waals surface area contributed by atoms with Crippen molar-refractivity contribution in [2.24, 2.45) is 5.92 Å². The van der Waals surface area contributed by atoms with Gasteiger partial charge in [0.05, 0.1) is 18.7 Å². The van der Waals surface area contributed by atoms with Crippen molar-refractivity contribution in [1.29, 1.82) is 5.26 Å². The van der Waals surface area contributed by atoms with Crippen LogP contribution in [0.1, 0.15) is 47.6 Å². The molecule has 0 atom stereocenters. The standard InChI is InChI=1S/C21H26N2O3/c1-14(2)8-9-23-15(3)10-18(16(23)4)19(24)13-26-20-7-6-17(12-22)11-21(20)25-5/h6-7,10-11,14H,8-9,13H2,1-5H3. The lowest BCUT2D eigenvalue weighted by Gasteiger charge is -2.12. The molecule has 0 aliphatic carbocycles. The maximum absolute atomic E-state index is 12.6. The van der Waals surface area contributed by atoms with Gasteiger partial charge >= 0.3 is 0 Å². The summed E-state index contributed by atoms with van der Waals surface area (Å²) < 4.78 is 13.1. The number of carbonyl (C=O) groups excluding carboxylic acids is 1. The highest BCUT2D eigenvalue weighted by molar-refractivity contribution is 5.98. The van der Waals surface area contributed by atoms with Crippen molar-refractivity contribution in [1.82, 2.24) is 4.57 Å². The van der Waals surface area contributed by atoms with Crippen LogP contribution in [0.4, 0.5) is 0 Å². The number of aryl methyl sites for hydroxylation is 1. The third-order valence-corrected chi connectivity index (χ3v) is 4.46. The molecule has 0 aliphatic rings. The van der Waals surface area contributed by atoms with Crippen molar-refractivity contribution in [3.63, 3.8) is 0 Å². The van der Waals surface area contributed by atoms with Gasteiger partial charge in [-0.1, -0.05) is 13.8 Å².